The van der Waals surface area contributed by atoms with E-state index in [4.69, 9.17) is 9.47 Å². The number of ether oxygens (including phenoxy) is 2. The Morgan fingerprint density at radius 1 is 1.16 bits per heavy atom. The second-order valence-electron chi connectivity index (χ2n) is 12.0. The van der Waals surface area contributed by atoms with Gasteiger partial charge in [-0.25, -0.2) is 13.2 Å². The molecule has 0 bridgehead atoms. The van der Waals surface area contributed by atoms with Gasteiger partial charge in [0, 0.05) is 37.8 Å². The fourth-order valence-corrected chi connectivity index (χ4v) is 7.18. The van der Waals surface area contributed by atoms with E-state index in [0.29, 0.717) is 60.1 Å². The average molecular weight is 610 g/mol. The summed E-state index contributed by atoms with van der Waals surface area (Å²) in [4.78, 5) is 17.5. The molecule has 44 heavy (non-hydrogen) atoms. The number of alkyl halides is 1. The molecule has 2 aromatic carbocycles. The number of pyridine rings is 1. The maximum atomic E-state index is 16.7. The number of aromatic nitrogens is 3. The van der Waals surface area contributed by atoms with Crippen molar-refractivity contribution >= 4 is 27.5 Å². The zero-order valence-corrected chi connectivity index (χ0v) is 24.4. The Balaban J connectivity index is 1.38. The molecule has 12 heteroatoms. The van der Waals surface area contributed by atoms with Crippen molar-refractivity contribution in [1.82, 2.24) is 19.9 Å². The smallest absolute Gasteiger partial charge is 0.319 e. The summed E-state index contributed by atoms with van der Waals surface area (Å²) in [6.45, 7) is 4.16. The van der Waals surface area contributed by atoms with Crippen molar-refractivity contribution < 1.29 is 32.9 Å². The molecule has 3 saturated heterocycles. The van der Waals surface area contributed by atoms with Crippen molar-refractivity contribution in [3.8, 4) is 23.0 Å². The molecule has 9 nitrogen and oxygen atoms in total. The number of hydrogen-bond acceptors (Lipinski definition) is 9. The molecule has 2 N–H and O–H groups in total. The maximum absolute atomic E-state index is 16.7. The summed E-state index contributed by atoms with van der Waals surface area (Å²) >= 11 is 0. The summed E-state index contributed by atoms with van der Waals surface area (Å²) < 4.78 is 57.7. The van der Waals surface area contributed by atoms with Crippen LogP contribution in [-0.2, 0) is 11.2 Å². The van der Waals surface area contributed by atoms with Crippen molar-refractivity contribution in [3.05, 3.63) is 47.7 Å². The second-order valence-corrected chi connectivity index (χ2v) is 12.0. The molecular weight excluding hydrogens is 575 g/mol. The first kappa shape index (κ1) is 29.0. The summed E-state index contributed by atoms with van der Waals surface area (Å²) in [6.07, 6.45) is 2.14. The molecule has 3 fully saturated rings. The van der Waals surface area contributed by atoms with Crippen LogP contribution in [0.5, 0.6) is 11.8 Å². The minimum atomic E-state index is -0.938. The molecule has 0 unspecified atom stereocenters. The molecule has 3 aliphatic heterocycles. The van der Waals surface area contributed by atoms with Crippen LogP contribution >= 0.6 is 0 Å². The highest BCUT2D eigenvalue weighted by molar-refractivity contribution is 6.01. The van der Waals surface area contributed by atoms with Crippen molar-refractivity contribution in [2.24, 2.45) is 0 Å². The number of aliphatic hydroxyl groups is 1. The number of rotatable bonds is 6. The second kappa shape index (κ2) is 11.3. The number of nitrogens with zero attached hydrogens (tertiary/aromatic N) is 5. The number of aryl methyl sites for hydroxylation is 1. The van der Waals surface area contributed by atoms with Gasteiger partial charge in [-0.1, -0.05) is 13.0 Å². The number of phenols is 1. The van der Waals surface area contributed by atoms with Crippen LogP contribution in [0.3, 0.4) is 0 Å². The number of aliphatic hydroxyl groups excluding tert-OH is 1. The number of hydrogen-bond donors (Lipinski definition) is 2. The molecule has 3 atom stereocenters. The Morgan fingerprint density at radius 2 is 2.02 bits per heavy atom. The zero-order chi connectivity index (χ0) is 30.6. The van der Waals surface area contributed by atoms with Gasteiger partial charge in [-0.2, -0.15) is 9.97 Å². The highest BCUT2D eigenvalue weighted by Gasteiger charge is 2.49. The summed E-state index contributed by atoms with van der Waals surface area (Å²) in [5.74, 6) is -1.01. The van der Waals surface area contributed by atoms with Crippen LogP contribution in [0.15, 0.2) is 30.5 Å². The minimum Gasteiger partial charge on any atom is -0.508 e. The topological polar surface area (TPSA) is 104 Å². The molecule has 0 saturated carbocycles. The molecule has 232 valence electrons. The Labute approximate surface area is 252 Å². The van der Waals surface area contributed by atoms with Gasteiger partial charge in [-0.05, 0) is 60.3 Å². The number of β-amino-alcohol motifs (C(OH)–C–C–N with tert-alkyl or cyclic N) is 1. The van der Waals surface area contributed by atoms with Gasteiger partial charge in [0.2, 0.25) is 0 Å². The van der Waals surface area contributed by atoms with Crippen LogP contribution in [0.4, 0.5) is 19.0 Å². The van der Waals surface area contributed by atoms with Crippen LogP contribution in [0.25, 0.3) is 32.9 Å². The Morgan fingerprint density at radius 3 is 2.86 bits per heavy atom. The highest BCUT2D eigenvalue weighted by Crippen LogP contribution is 2.42. The van der Waals surface area contributed by atoms with Crippen LogP contribution in [0, 0.1) is 11.6 Å². The molecule has 3 aliphatic rings. The zero-order valence-electron chi connectivity index (χ0n) is 24.4. The normalized spacial score (nSPS) is 24.2. The number of fused-ring (bicyclic) bond motifs is 3. The van der Waals surface area contributed by atoms with Gasteiger partial charge in [0.25, 0.3) is 0 Å². The summed E-state index contributed by atoms with van der Waals surface area (Å²) in [5, 5.41) is 22.3. The van der Waals surface area contributed by atoms with Gasteiger partial charge in [-0.15, -0.1) is 0 Å². The van der Waals surface area contributed by atoms with Gasteiger partial charge in [0.1, 0.15) is 41.4 Å². The third-order valence-electron chi connectivity index (χ3n) is 9.18. The van der Waals surface area contributed by atoms with E-state index >= 15 is 4.39 Å². The molecule has 0 spiro atoms. The van der Waals surface area contributed by atoms with Gasteiger partial charge in [0.15, 0.2) is 5.82 Å². The SMILES string of the molecule is CCc1c(F)ccc2cc(O)cc(-c3ncc4c(N5CCOC[C@@H](O)C5)nc(OC[C@@]56CCCN5C[C@H](F)C6)nc4c3F)c12. The predicted molar refractivity (Wildman–Crippen MR) is 159 cm³/mol. The predicted octanol–water partition coefficient (Wildman–Crippen LogP) is 4.54. The lowest BCUT2D eigenvalue weighted by molar-refractivity contribution is 0.0597. The lowest BCUT2D eigenvalue weighted by atomic mass is 9.94. The van der Waals surface area contributed by atoms with E-state index in [0.717, 1.165) is 19.4 Å². The van der Waals surface area contributed by atoms with Crippen molar-refractivity contribution in [2.45, 2.75) is 50.4 Å². The molecule has 0 amide bonds. The molecule has 7 rings (SSSR count). The van der Waals surface area contributed by atoms with E-state index in [1.165, 1.54) is 24.4 Å². The number of benzene rings is 2. The first-order valence-corrected chi connectivity index (χ1v) is 15.1. The van der Waals surface area contributed by atoms with E-state index in [-0.39, 0.29) is 48.3 Å². The van der Waals surface area contributed by atoms with E-state index in [9.17, 15) is 19.0 Å². The Hall–Kier alpha value is -3.74. The third-order valence-corrected chi connectivity index (χ3v) is 9.18. The quantitative estimate of drug-likeness (QED) is 0.326. The van der Waals surface area contributed by atoms with Crippen LogP contribution in [0.1, 0.15) is 31.7 Å². The van der Waals surface area contributed by atoms with Gasteiger partial charge < -0.3 is 24.6 Å². The molecule has 0 radical (unpaired) electrons. The highest BCUT2D eigenvalue weighted by atomic mass is 19.1. The van der Waals surface area contributed by atoms with Gasteiger partial charge in [-0.3, -0.25) is 9.88 Å². The summed E-state index contributed by atoms with van der Waals surface area (Å²) in [5.41, 5.74) is -0.0280. The average Bonchev–Trinajstić information content (AvgIpc) is 3.43. The van der Waals surface area contributed by atoms with Gasteiger partial charge >= 0.3 is 6.01 Å². The van der Waals surface area contributed by atoms with E-state index in [1.54, 1.807) is 11.0 Å². The number of halogens is 3. The number of anilines is 1. The molecule has 4 aromatic rings. The standard InChI is InChI=1S/C32H34F3N5O4/c1-2-22-25(34)5-4-18-10-20(41)11-23(26(18)22)28-27(35)29-24(13-36-28)30(39-8-9-43-16-21(42)15-39)38-31(37-29)44-17-32-6-3-7-40(32)14-19(33)12-32/h4-5,10-11,13,19,21,41-42H,2-3,6-9,12,14-17H2,1H3/t19-,21+,32+/m1/s1. The summed E-state index contributed by atoms with van der Waals surface area (Å²) in [6, 6.07) is 5.68. The van der Waals surface area contributed by atoms with E-state index in [2.05, 4.69) is 19.9 Å². The van der Waals surface area contributed by atoms with Crippen molar-refractivity contribution in [2.75, 3.05) is 50.9 Å². The number of aromatic hydroxyl groups is 1. The third kappa shape index (κ3) is 4.98. The van der Waals surface area contributed by atoms with E-state index < -0.39 is 29.4 Å². The minimum absolute atomic E-state index is 0.0730. The Kier molecular flexibility index (Phi) is 7.46. The molecule has 0 aliphatic carbocycles. The van der Waals surface area contributed by atoms with Gasteiger partial charge in [0.05, 0.1) is 30.2 Å². The van der Waals surface area contributed by atoms with Crippen LogP contribution in [0.2, 0.25) is 0 Å². The maximum Gasteiger partial charge on any atom is 0.319 e. The molecular formula is C32H34F3N5O4. The van der Waals surface area contributed by atoms with Crippen molar-refractivity contribution in [1.29, 1.82) is 0 Å². The first-order chi connectivity index (χ1) is 21.3. The fraction of sp³-hybridized carbons (Fsp3) is 0.469. The molecule has 2 aromatic heterocycles. The monoisotopic (exact) mass is 609 g/mol. The molecule has 5 heterocycles. The summed E-state index contributed by atoms with van der Waals surface area (Å²) in [7, 11) is 0. The first-order valence-electron chi connectivity index (χ1n) is 15.1. The lowest BCUT2D eigenvalue weighted by Gasteiger charge is -2.31. The number of phenolic OH excluding ortho intramolecular Hbond substituents is 1. The van der Waals surface area contributed by atoms with Crippen molar-refractivity contribution in [3.63, 3.8) is 0 Å². The van der Waals surface area contributed by atoms with E-state index in [1.807, 2.05) is 6.92 Å². The van der Waals surface area contributed by atoms with Crippen LogP contribution in [-0.4, -0.2) is 93.9 Å². The van der Waals surface area contributed by atoms with Crippen LogP contribution < -0.4 is 9.64 Å². The lowest BCUT2D eigenvalue weighted by Crippen LogP contribution is -2.43. The largest absolute Gasteiger partial charge is 0.508 e. The fourth-order valence-electron chi connectivity index (χ4n) is 7.18. The Bertz CT molecular complexity index is 1740.